The number of likely N-dealkylation sites (N-methyl/N-ethyl adjacent to an activating group) is 1. The predicted molar refractivity (Wildman–Crippen MR) is 229 cm³/mol. The molecule has 0 saturated carbocycles. The number of ether oxygens (including phenoxy) is 2. The van der Waals surface area contributed by atoms with E-state index in [1.807, 2.05) is 12.1 Å². The second kappa shape index (κ2) is 34.9. The van der Waals surface area contributed by atoms with Crippen LogP contribution in [0.1, 0.15) is 199 Å². The number of esters is 2. The molecule has 0 aliphatic heterocycles. The Balaban J connectivity index is 2.33. The molecule has 1 N–H and O–H groups in total. The molecule has 1 rings (SSSR count). The van der Waals surface area contributed by atoms with Gasteiger partial charge in [-0.25, -0.2) is 0 Å². The zero-order valence-electron chi connectivity index (χ0n) is 35.6. The van der Waals surface area contributed by atoms with Crippen LogP contribution >= 0.6 is 0 Å². The molecule has 0 amide bonds. The average Bonchev–Trinajstić information content (AvgIpc) is 3.14. The van der Waals surface area contributed by atoms with Gasteiger partial charge in [0.15, 0.2) is 6.10 Å². The van der Waals surface area contributed by atoms with Crippen LogP contribution < -0.4 is 0 Å². The Morgan fingerprint density at radius 2 is 0.963 bits per heavy atom. The molecule has 1 unspecified atom stereocenters. The van der Waals surface area contributed by atoms with E-state index in [0.29, 0.717) is 30.4 Å². The molecule has 0 aliphatic rings. The molecule has 1 aromatic rings. The highest BCUT2D eigenvalue weighted by Gasteiger charge is 2.27. The fourth-order valence-corrected chi connectivity index (χ4v) is 7.02. The number of hydrogen-bond acceptors (Lipinski definition) is 5. The lowest BCUT2D eigenvalue weighted by atomic mass is 10.1. The summed E-state index contributed by atoms with van der Waals surface area (Å²) in [5.74, 6) is -0.185. The highest BCUT2D eigenvalue weighted by Crippen LogP contribution is 2.17. The van der Waals surface area contributed by atoms with Crippen LogP contribution in [-0.4, -0.2) is 54.9 Å². The fraction of sp³-hybridized carbons (Fsp3) is 0.750. The molecule has 1 atom stereocenters. The van der Waals surface area contributed by atoms with E-state index < -0.39 is 6.10 Å². The van der Waals surface area contributed by atoms with Crippen LogP contribution in [0.3, 0.4) is 0 Å². The topological polar surface area (TPSA) is 72.8 Å². The standard InChI is InChI=1S/C48H83NO5/c1-5-7-9-11-13-15-17-19-21-23-25-27-29-31-33-35-47(51)53-43-46(42-49(3,4)41-44-37-39-45(50)40-38-44)54-48(52)36-34-32-30-28-26-24-22-20-18-16-14-12-10-8-6-2/h19-22,37-40,46H,5-18,23-36,41-43H2,1-4H3/p+1/b21-19-,22-20-. The number of rotatable bonds is 37. The fourth-order valence-electron chi connectivity index (χ4n) is 7.02. The second-order valence-corrected chi connectivity index (χ2v) is 16.4. The molecule has 0 bridgehead atoms. The molecule has 310 valence electrons. The van der Waals surface area contributed by atoms with Crippen molar-refractivity contribution < 1.29 is 28.7 Å². The number of carbonyl (C=O) groups excluding carboxylic acids is 2. The van der Waals surface area contributed by atoms with Gasteiger partial charge >= 0.3 is 11.9 Å². The van der Waals surface area contributed by atoms with Gasteiger partial charge in [-0.1, -0.05) is 141 Å². The summed E-state index contributed by atoms with van der Waals surface area (Å²) in [7, 11) is 4.18. The summed E-state index contributed by atoms with van der Waals surface area (Å²) >= 11 is 0. The summed E-state index contributed by atoms with van der Waals surface area (Å²) in [6.45, 7) is 5.84. The van der Waals surface area contributed by atoms with E-state index in [1.165, 1.54) is 116 Å². The smallest absolute Gasteiger partial charge is 0.306 e. The van der Waals surface area contributed by atoms with Gasteiger partial charge < -0.3 is 19.1 Å². The van der Waals surface area contributed by atoms with Crippen molar-refractivity contribution in [3.8, 4) is 5.75 Å². The van der Waals surface area contributed by atoms with Crippen LogP contribution in [0.15, 0.2) is 48.6 Å². The van der Waals surface area contributed by atoms with Crippen molar-refractivity contribution in [1.82, 2.24) is 0 Å². The summed E-state index contributed by atoms with van der Waals surface area (Å²) in [6, 6.07) is 7.21. The van der Waals surface area contributed by atoms with Gasteiger partial charge in [0.25, 0.3) is 0 Å². The van der Waals surface area contributed by atoms with E-state index >= 15 is 0 Å². The number of quaternary nitrogens is 1. The Kier molecular flexibility index (Phi) is 31.9. The first-order valence-corrected chi connectivity index (χ1v) is 22.5. The SMILES string of the molecule is CCCCCCCC/C=C\CCCCCCCC(=O)OCC(C[N+](C)(C)Cc1ccc(O)cc1)OC(=O)CCCCCCC/C=C\CCCCCCCC. The van der Waals surface area contributed by atoms with Crippen molar-refractivity contribution in [2.75, 3.05) is 27.2 Å². The first-order chi connectivity index (χ1) is 26.3. The van der Waals surface area contributed by atoms with Crippen molar-refractivity contribution in [2.45, 2.75) is 206 Å². The Bertz CT molecular complexity index is 1080. The van der Waals surface area contributed by atoms with Crippen LogP contribution in [0, 0.1) is 0 Å². The number of phenolic OH excluding ortho intramolecular Hbond substituents is 1. The molecule has 6 nitrogen and oxygen atoms in total. The number of hydrogen-bond donors (Lipinski definition) is 1. The molecule has 0 heterocycles. The number of allylic oxidation sites excluding steroid dienone is 4. The van der Waals surface area contributed by atoms with Gasteiger partial charge in [-0.3, -0.25) is 9.59 Å². The zero-order chi connectivity index (χ0) is 39.4. The molecule has 6 heteroatoms. The number of phenols is 1. The van der Waals surface area contributed by atoms with Gasteiger partial charge in [-0.2, -0.15) is 0 Å². The monoisotopic (exact) mass is 755 g/mol. The average molecular weight is 755 g/mol. The van der Waals surface area contributed by atoms with E-state index in [0.717, 1.165) is 56.9 Å². The minimum atomic E-state index is -0.509. The summed E-state index contributed by atoms with van der Waals surface area (Å²) in [5.41, 5.74) is 1.08. The molecule has 1 aromatic carbocycles. The van der Waals surface area contributed by atoms with Crippen LogP contribution in [0.5, 0.6) is 5.75 Å². The molecule has 0 aromatic heterocycles. The maximum atomic E-state index is 12.9. The number of benzene rings is 1. The minimum absolute atomic E-state index is 0.0826. The van der Waals surface area contributed by atoms with Crippen LogP contribution in [0.4, 0.5) is 0 Å². The normalized spacial score (nSPS) is 12.5. The van der Waals surface area contributed by atoms with Crippen LogP contribution in [0.25, 0.3) is 0 Å². The molecule has 0 spiro atoms. The van der Waals surface area contributed by atoms with Crippen molar-refractivity contribution >= 4 is 11.9 Å². The molecule has 0 saturated heterocycles. The molecule has 0 radical (unpaired) electrons. The largest absolute Gasteiger partial charge is 0.508 e. The van der Waals surface area contributed by atoms with Crippen molar-refractivity contribution in [2.24, 2.45) is 0 Å². The first-order valence-electron chi connectivity index (χ1n) is 22.5. The number of carbonyl (C=O) groups is 2. The van der Waals surface area contributed by atoms with Crippen molar-refractivity contribution in [1.29, 1.82) is 0 Å². The lowest BCUT2D eigenvalue weighted by Crippen LogP contribution is -2.47. The van der Waals surface area contributed by atoms with E-state index in [-0.39, 0.29) is 24.3 Å². The summed E-state index contributed by atoms with van der Waals surface area (Å²) < 4.78 is 12.2. The van der Waals surface area contributed by atoms with Gasteiger partial charge in [0.1, 0.15) is 25.4 Å². The van der Waals surface area contributed by atoms with E-state index in [2.05, 4.69) is 52.2 Å². The van der Waals surface area contributed by atoms with Gasteiger partial charge in [-0.05, 0) is 88.5 Å². The first kappa shape index (κ1) is 49.4. The molecular weight excluding hydrogens is 671 g/mol. The van der Waals surface area contributed by atoms with Crippen LogP contribution in [-0.2, 0) is 25.6 Å². The third kappa shape index (κ3) is 31.7. The number of unbranched alkanes of at least 4 members (excludes halogenated alkanes) is 22. The third-order valence-corrected chi connectivity index (χ3v) is 10.3. The lowest BCUT2D eigenvalue weighted by molar-refractivity contribution is -0.906. The van der Waals surface area contributed by atoms with E-state index in [1.54, 1.807) is 12.1 Å². The second-order valence-electron chi connectivity index (χ2n) is 16.4. The summed E-state index contributed by atoms with van der Waals surface area (Å²) in [5, 5.41) is 9.69. The van der Waals surface area contributed by atoms with E-state index in [9.17, 15) is 14.7 Å². The zero-order valence-corrected chi connectivity index (χ0v) is 35.6. The third-order valence-electron chi connectivity index (χ3n) is 10.3. The highest BCUT2D eigenvalue weighted by atomic mass is 16.6. The number of nitrogens with zero attached hydrogens (tertiary/aromatic N) is 1. The highest BCUT2D eigenvalue weighted by molar-refractivity contribution is 5.70. The van der Waals surface area contributed by atoms with Gasteiger partial charge in [0.05, 0.1) is 14.1 Å². The Morgan fingerprint density at radius 1 is 0.574 bits per heavy atom. The van der Waals surface area contributed by atoms with Gasteiger partial charge in [0, 0.05) is 18.4 Å². The molecule has 0 fully saturated rings. The Hall–Kier alpha value is -2.60. The summed E-state index contributed by atoms with van der Waals surface area (Å²) in [6.07, 6.45) is 41.4. The van der Waals surface area contributed by atoms with Gasteiger partial charge in [-0.15, -0.1) is 0 Å². The lowest BCUT2D eigenvalue weighted by Gasteiger charge is -2.33. The quantitative estimate of drug-likeness (QED) is 0.0317. The minimum Gasteiger partial charge on any atom is -0.508 e. The number of aromatic hydroxyl groups is 1. The maximum absolute atomic E-state index is 12.9. The molecular formula is C48H84NO5+. The maximum Gasteiger partial charge on any atom is 0.306 e. The van der Waals surface area contributed by atoms with Crippen LogP contribution in [0.2, 0.25) is 0 Å². The van der Waals surface area contributed by atoms with E-state index in [4.69, 9.17) is 9.47 Å². The Morgan fingerprint density at radius 3 is 1.41 bits per heavy atom. The van der Waals surface area contributed by atoms with Crippen molar-refractivity contribution in [3.63, 3.8) is 0 Å². The molecule has 0 aliphatic carbocycles. The van der Waals surface area contributed by atoms with Crippen molar-refractivity contribution in [3.05, 3.63) is 54.1 Å². The predicted octanol–water partition coefficient (Wildman–Crippen LogP) is 13.5. The van der Waals surface area contributed by atoms with Gasteiger partial charge in [0.2, 0.25) is 0 Å². The Labute approximate surface area is 333 Å². The summed E-state index contributed by atoms with van der Waals surface area (Å²) in [4.78, 5) is 25.6. The molecule has 54 heavy (non-hydrogen) atoms.